The van der Waals surface area contributed by atoms with Crippen molar-refractivity contribution >= 4 is 5.97 Å². The molecule has 4 heteroatoms. The number of carbonyl (C=O) groups excluding carboxylic acids is 1. The fourth-order valence-corrected chi connectivity index (χ4v) is 1.71. The molecule has 0 spiro atoms. The summed E-state index contributed by atoms with van der Waals surface area (Å²) in [5.74, 6) is 1.44. The molecule has 0 saturated carbocycles. The summed E-state index contributed by atoms with van der Waals surface area (Å²) >= 11 is 0. The van der Waals surface area contributed by atoms with E-state index in [0.717, 1.165) is 11.3 Å². The third kappa shape index (κ3) is 4.84. The summed E-state index contributed by atoms with van der Waals surface area (Å²) in [5, 5.41) is 0. The lowest BCUT2D eigenvalue weighted by molar-refractivity contribution is -0.136. The van der Waals surface area contributed by atoms with E-state index in [1.807, 2.05) is 26.0 Å². The maximum absolute atomic E-state index is 11.7. The number of carbonyl (C=O) groups is 1. The molecular weight excluding hydrogens is 268 g/mol. The smallest absolute Gasteiger partial charge is 0.349 e. The minimum atomic E-state index is -0.437. The van der Waals surface area contributed by atoms with Crippen LogP contribution in [-0.4, -0.2) is 19.2 Å². The van der Waals surface area contributed by atoms with Crippen molar-refractivity contribution < 1.29 is 19.0 Å². The van der Waals surface area contributed by atoms with Gasteiger partial charge in [0, 0.05) is 0 Å². The van der Waals surface area contributed by atoms with Crippen molar-refractivity contribution in [1.82, 2.24) is 0 Å². The third-order valence-electron chi connectivity index (χ3n) is 2.74. The minimum absolute atomic E-state index is 0.137. The summed E-state index contributed by atoms with van der Waals surface area (Å²) in [7, 11) is 0. The van der Waals surface area contributed by atoms with E-state index in [-0.39, 0.29) is 6.61 Å². The van der Waals surface area contributed by atoms with Crippen LogP contribution in [0.25, 0.3) is 0 Å². The van der Waals surface area contributed by atoms with Gasteiger partial charge in [-0.3, -0.25) is 0 Å². The molecule has 0 aliphatic rings. The summed E-state index contributed by atoms with van der Waals surface area (Å²) in [5.41, 5.74) is 1.11. The molecule has 2 rings (SSSR count). The van der Waals surface area contributed by atoms with Crippen LogP contribution in [0.3, 0.4) is 0 Å². The number of rotatable bonds is 6. The first-order chi connectivity index (χ1) is 10.2. The molecule has 0 radical (unpaired) electrons. The lowest BCUT2D eigenvalue weighted by atomic mass is 10.2. The lowest BCUT2D eigenvalue weighted by Crippen LogP contribution is -2.17. The molecule has 21 heavy (non-hydrogen) atoms. The molecule has 0 aliphatic carbocycles. The Morgan fingerprint density at radius 3 is 1.95 bits per heavy atom. The standard InChI is InChI=1S/C17H18O4/c1-3-19-14-8-10-15(11-9-14)20-12-17(18)21-16-6-4-13(2)5-7-16/h4-11H,3,12H2,1-2H3. The first kappa shape index (κ1) is 14.9. The molecule has 2 aromatic rings. The zero-order chi connectivity index (χ0) is 15.1. The zero-order valence-corrected chi connectivity index (χ0v) is 12.2. The Bertz CT molecular complexity index is 573. The van der Waals surface area contributed by atoms with Gasteiger partial charge in [-0.25, -0.2) is 4.79 Å². The topological polar surface area (TPSA) is 44.8 Å². The van der Waals surface area contributed by atoms with Gasteiger partial charge < -0.3 is 14.2 Å². The molecule has 0 heterocycles. The average molecular weight is 286 g/mol. The molecular formula is C17H18O4. The predicted octanol–water partition coefficient (Wildman–Crippen LogP) is 3.38. The van der Waals surface area contributed by atoms with Crippen LogP contribution in [-0.2, 0) is 4.79 Å². The number of esters is 1. The fourth-order valence-electron chi connectivity index (χ4n) is 1.71. The second-order valence-corrected chi connectivity index (χ2v) is 4.48. The molecule has 2 aromatic carbocycles. The fraction of sp³-hybridized carbons (Fsp3) is 0.235. The summed E-state index contributed by atoms with van der Waals surface area (Å²) < 4.78 is 15.9. The second kappa shape index (κ2) is 7.33. The third-order valence-corrected chi connectivity index (χ3v) is 2.74. The largest absolute Gasteiger partial charge is 0.494 e. The van der Waals surface area contributed by atoms with Gasteiger partial charge in [-0.2, -0.15) is 0 Å². The Kier molecular flexibility index (Phi) is 5.21. The van der Waals surface area contributed by atoms with Crippen molar-refractivity contribution in [3.05, 3.63) is 54.1 Å². The second-order valence-electron chi connectivity index (χ2n) is 4.48. The maximum atomic E-state index is 11.7. The van der Waals surface area contributed by atoms with Gasteiger partial charge in [0.25, 0.3) is 0 Å². The summed E-state index contributed by atoms with van der Waals surface area (Å²) in [6, 6.07) is 14.4. The number of aryl methyl sites for hydroxylation is 1. The molecule has 0 atom stereocenters. The molecule has 0 aliphatic heterocycles. The number of ether oxygens (including phenoxy) is 3. The highest BCUT2D eigenvalue weighted by atomic mass is 16.6. The molecule has 4 nitrogen and oxygen atoms in total. The molecule has 0 amide bonds. The Hall–Kier alpha value is -2.49. The first-order valence-electron chi connectivity index (χ1n) is 6.80. The highest BCUT2D eigenvalue weighted by molar-refractivity contribution is 5.73. The molecule has 0 unspecified atom stereocenters. The first-order valence-corrected chi connectivity index (χ1v) is 6.80. The summed E-state index contributed by atoms with van der Waals surface area (Å²) in [4.78, 5) is 11.7. The van der Waals surface area contributed by atoms with E-state index in [9.17, 15) is 4.79 Å². The molecule has 110 valence electrons. The van der Waals surface area contributed by atoms with E-state index in [1.165, 1.54) is 0 Å². The van der Waals surface area contributed by atoms with Crippen LogP contribution in [0.4, 0.5) is 0 Å². The van der Waals surface area contributed by atoms with Gasteiger partial charge >= 0.3 is 5.97 Å². The number of benzene rings is 2. The number of hydrogen-bond acceptors (Lipinski definition) is 4. The van der Waals surface area contributed by atoms with E-state index in [0.29, 0.717) is 18.1 Å². The van der Waals surface area contributed by atoms with Gasteiger partial charge in [-0.15, -0.1) is 0 Å². The van der Waals surface area contributed by atoms with Crippen LogP contribution in [0.15, 0.2) is 48.5 Å². The minimum Gasteiger partial charge on any atom is -0.494 e. The van der Waals surface area contributed by atoms with E-state index in [2.05, 4.69) is 0 Å². The highest BCUT2D eigenvalue weighted by Crippen LogP contribution is 2.17. The van der Waals surface area contributed by atoms with Crippen molar-refractivity contribution in [3.63, 3.8) is 0 Å². The van der Waals surface area contributed by atoms with E-state index in [1.54, 1.807) is 36.4 Å². The summed E-state index contributed by atoms with van der Waals surface area (Å²) in [6.45, 7) is 4.37. The van der Waals surface area contributed by atoms with Crippen molar-refractivity contribution in [1.29, 1.82) is 0 Å². The predicted molar refractivity (Wildman–Crippen MR) is 79.9 cm³/mol. The van der Waals surface area contributed by atoms with Gasteiger partial charge in [0.1, 0.15) is 17.2 Å². The van der Waals surface area contributed by atoms with Crippen molar-refractivity contribution in [2.24, 2.45) is 0 Å². The van der Waals surface area contributed by atoms with Gasteiger partial charge in [-0.1, -0.05) is 17.7 Å². The van der Waals surface area contributed by atoms with E-state index >= 15 is 0 Å². The SMILES string of the molecule is CCOc1ccc(OCC(=O)Oc2ccc(C)cc2)cc1. The lowest BCUT2D eigenvalue weighted by Gasteiger charge is -2.08. The van der Waals surface area contributed by atoms with Gasteiger partial charge in [0.15, 0.2) is 6.61 Å². The van der Waals surface area contributed by atoms with Crippen LogP contribution < -0.4 is 14.2 Å². The molecule has 0 N–H and O–H groups in total. The normalized spacial score (nSPS) is 10.0. The van der Waals surface area contributed by atoms with Gasteiger partial charge in [0.05, 0.1) is 6.61 Å². The average Bonchev–Trinajstić information content (AvgIpc) is 2.49. The van der Waals surface area contributed by atoms with Crippen LogP contribution in [0.2, 0.25) is 0 Å². The zero-order valence-electron chi connectivity index (χ0n) is 12.2. The molecule has 0 fully saturated rings. The van der Waals surface area contributed by atoms with Gasteiger partial charge in [0.2, 0.25) is 0 Å². The molecule has 0 bridgehead atoms. The van der Waals surface area contributed by atoms with Crippen LogP contribution >= 0.6 is 0 Å². The Morgan fingerprint density at radius 2 is 1.38 bits per heavy atom. The van der Waals surface area contributed by atoms with E-state index < -0.39 is 5.97 Å². The Labute approximate surface area is 124 Å². The maximum Gasteiger partial charge on any atom is 0.349 e. The quantitative estimate of drug-likeness (QED) is 0.603. The van der Waals surface area contributed by atoms with E-state index in [4.69, 9.17) is 14.2 Å². The van der Waals surface area contributed by atoms with Crippen molar-refractivity contribution in [2.75, 3.05) is 13.2 Å². The van der Waals surface area contributed by atoms with Crippen LogP contribution in [0.5, 0.6) is 17.2 Å². The monoisotopic (exact) mass is 286 g/mol. The van der Waals surface area contributed by atoms with Gasteiger partial charge in [-0.05, 0) is 50.2 Å². The van der Waals surface area contributed by atoms with Crippen LogP contribution in [0.1, 0.15) is 12.5 Å². The molecule has 0 saturated heterocycles. The Balaban J connectivity index is 1.81. The number of hydrogen-bond donors (Lipinski definition) is 0. The van der Waals surface area contributed by atoms with Crippen LogP contribution in [0, 0.1) is 6.92 Å². The highest BCUT2D eigenvalue weighted by Gasteiger charge is 2.06. The van der Waals surface area contributed by atoms with Crippen molar-refractivity contribution in [3.8, 4) is 17.2 Å². The summed E-state index contributed by atoms with van der Waals surface area (Å²) in [6.07, 6.45) is 0. The van der Waals surface area contributed by atoms with Crippen molar-refractivity contribution in [2.45, 2.75) is 13.8 Å². The Morgan fingerprint density at radius 1 is 0.857 bits per heavy atom. The molecule has 0 aromatic heterocycles.